The second-order valence-corrected chi connectivity index (χ2v) is 5.21. The molecule has 1 N–H and O–H groups in total. The van der Waals surface area contributed by atoms with Gasteiger partial charge >= 0.3 is 5.97 Å². The molecule has 1 unspecified atom stereocenters. The van der Waals surface area contributed by atoms with Crippen molar-refractivity contribution >= 4 is 11.7 Å². The highest BCUT2D eigenvalue weighted by Crippen LogP contribution is 2.23. The lowest BCUT2D eigenvalue weighted by atomic mass is 10.1. The van der Waals surface area contributed by atoms with E-state index in [1.54, 1.807) is 0 Å². The molecule has 0 radical (unpaired) electrons. The summed E-state index contributed by atoms with van der Waals surface area (Å²) in [6.45, 7) is 5.71. The zero-order valence-corrected chi connectivity index (χ0v) is 12.3. The fourth-order valence-corrected chi connectivity index (χ4v) is 2.57. The van der Waals surface area contributed by atoms with Crippen molar-refractivity contribution in [1.29, 1.82) is 0 Å². The Morgan fingerprint density at radius 3 is 2.81 bits per heavy atom. The van der Waals surface area contributed by atoms with E-state index >= 15 is 0 Å². The number of nitrogens with zero attached hydrogens (tertiary/aromatic N) is 1. The van der Waals surface area contributed by atoms with Crippen molar-refractivity contribution < 1.29 is 18.3 Å². The number of benzene rings is 1. The summed E-state index contributed by atoms with van der Waals surface area (Å²) in [5.74, 6) is -2.67. The average Bonchev–Trinajstić information content (AvgIpc) is 2.96. The number of likely N-dealkylation sites (tertiary alicyclic amines) is 1. The average molecular weight is 298 g/mol. The molecule has 6 heteroatoms. The Labute approximate surface area is 123 Å². The lowest BCUT2D eigenvalue weighted by Gasteiger charge is -2.15. The first-order valence-electron chi connectivity index (χ1n) is 7.09. The highest BCUT2D eigenvalue weighted by Gasteiger charge is 2.23. The molecule has 0 aromatic heterocycles. The quantitative estimate of drug-likeness (QED) is 0.848. The molecule has 1 fully saturated rings. The molecule has 1 aromatic carbocycles. The van der Waals surface area contributed by atoms with Crippen LogP contribution >= 0.6 is 0 Å². The second kappa shape index (κ2) is 6.85. The van der Waals surface area contributed by atoms with Crippen molar-refractivity contribution in [3.8, 4) is 0 Å². The summed E-state index contributed by atoms with van der Waals surface area (Å²) in [6, 6.07) is 2.61. The van der Waals surface area contributed by atoms with Gasteiger partial charge in [0.2, 0.25) is 0 Å². The number of nitrogens with one attached hydrogen (secondary N) is 1. The number of anilines is 1. The molecule has 116 valence electrons. The number of hydrogen-bond donors (Lipinski definition) is 1. The molecule has 0 aliphatic carbocycles. The molecular formula is C15H20F2N2O2. The number of ether oxygens (including phenoxy) is 1. The van der Waals surface area contributed by atoms with E-state index in [0.717, 1.165) is 33.2 Å². The van der Waals surface area contributed by atoms with Crippen molar-refractivity contribution in [1.82, 2.24) is 4.90 Å². The Morgan fingerprint density at radius 1 is 1.43 bits per heavy atom. The third-order valence-electron chi connectivity index (χ3n) is 3.89. The lowest BCUT2D eigenvalue weighted by Crippen LogP contribution is -2.22. The van der Waals surface area contributed by atoms with Crippen molar-refractivity contribution in [3.63, 3.8) is 0 Å². The van der Waals surface area contributed by atoms with E-state index in [0.29, 0.717) is 12.5 Å². The van der Waals surface area contributed by atoms with Gasteiger partial charge in [-0.2, -0.15) is 0 Å². The summed E-state index contributed by atoms with van der Waals surface area (Å²) in [5, 5.41) is 2.93. The van der Waals surface area contributed by atoms with Gasteiger partial charge in [-0.05, 0) is 37.6 Å². The molecular weight excluding hydrogens is 278 g/mol. The third-order valence-corrected chi connectivity index (χ3v) is 3.89. The molecule has 4 nitrogen and oxygen atoms in total. The minimum atomic E-state index is -1.17. The first-order chi connectivity index (χ1) is 10.1. The zero-order valence-electron chi connectivity index (χ0n) is 12.3. The molecule has 21 heavy (non-hydrogen) atoms. The highest BCUT2D eigenvalue weighted by atomic mass is 19.2. The maximum absolute atomic E-state index is 13.9. The van der Waals surface area contributed by atoms with E-state index in [1.165, 1.54) is 12.1 Å². The predicted molar refractivity (Wildman–Crippen MR) is 76.4 cm³/mol. The molecule has 1 aromatic rings. The highest BCUT2D eigenvalue weighted by molar-refractivity contribution is 5.90. The van der Waals surface area contributed by atoms with Gasteiger partial charge in [0.25, 0.3) is 0 Å². The standard InChI is InChI=1S/C15H20F2N2O2/c1-3-19-7-6-10(9-19)8-18-12-5-4-11(15(20)21-2)13(16)14(12)17/h4-5,10,18H,3,6-9H2,1-2H3. The maximum atomic E-state index is 13.9. The van der Waals surface area contributed by atoms with Crippen molar-refractivity contribution in [2.45, 2.75) is 13.3 Å². The molecule has 0 bridgehead atoms. The van der Waals surface area contributed by atoms with Gasteiger partial charge in [0, 0.05) is 13.1 Å². The Kier molecular flexibility index (Phi) is 5.12. The van der Waals surface area contributed by atoms with Gasteiger partial charge in [-0.15, -0.1) is 0 Å². The van der Waals surface area contributed by atoms with E-state index in [4.69, 9.17) is 0 Å². The predicted octanol–water partition coefficient (Wildman–Crippen LogP) is 2.51. The molecule has 0 saturated carbocycles. The van der Waals surface area contributed by atoms with Gasteiger partial charge in [-0.1, -0.05) is 6.92 Å². The van der Waals surface area contributed by atoms with Crippen LogP contribution in [-0.4, -0.2) is 44.2 Å². The first-order valence-corrected chi connectivity index (χ1v) is 7.09. The number of rotatable bonds is 5. The number of esters is 1. The molecule has 2 rings (SSSR count). The van der Waals surface area contributed by atoms with E-state index < -0.39 is 23.2 Å². The van der Waals surface area contributed by atoms with Gasteiger partial charge in [0.1, 0.15) is 0 Å². The molecule has 0 amide bonds. The Bertz CT molecular complexity index is 523. The Hall–Kier alpha value is -1.69. The normalized spacial score (nSPS) is 18.8. The van der Waals surface area contributed by atoms with Crippen LogP contribution in [0.4, 0.5) is 14.5 Å². The fraction of sp³-hybridized carbons (Fsp3) is 0.533. The molecule has 1 aliphatic rings. The summed E-state index contributed by atoms with van der Waals surface area (Å²) in [5.41, 5.74) is -0.311. The Morgan fingerprint density at radius 2 is 2.19 bits per heavy atom. The summed E-state index contributed by atoms with van der Waals surface area (Å²) in [7, 11) is 1.13. The van der Waals surface area contributed by atoms with E-state index in [2.05, 4.69) is 21.9 Å². The fourth-order valence-electron chi connectivity index (χ4n) is 2.57. The van der Waals surface area contributed by atoms with Crippen LogP contribution in [0.1, 0.15) is 23.7 Å². The number of halogens is 2. The first kappa shape index (κ1) is 15.7. The second-order valence-electron chi connectivity index (χ2n) is 5.21. The number of carbonyl (C=O) groups is 1. The van der Waals surface area contributed by atoms with Crippen LogP contribution in [0.5, 0.6) is 0 Å². The van der Waals surface area contributed by atoms with Crippen molar-refractivity contribution in [2.75, 3.05) is 38.6 Å². The molecule has 1 atom stereocenters. The van der Waals surface area contributed by atoms with Gasteiger partial charge in [-0.25, -0.2) is 13.6 Å². The number of methoxy groups -OCH3 is 1. The number of hydrogen-bond acceptors (Lipinski definition) is 4. The van der Waals surface area contributed by atoms with Crippen LogP contribution in [-0.2, 0) is 4.74 Å². The largest absolute Gasteiger partial charge is 0.465 e. The van der Waals surface area contributed by atoms with Crippen LogP contribution in [0.2, 0.25) is 0 Å². The summed E-state index contributed by atoms with van der Waals surface area (Å²) < 4.78 is 32.1. The Balaban J connectivity index is 2.01. The minimum Gasteiger partial charge on any atom is -0.465 e. The van der Waals surface area contributed by atoms with Gasteiger partial charge < -0.3 is 15.0 Å². The van der Waals surface area contributed by atoms with Crippen molar-refractivity contribution in [2.24, 2.45) is 5.92 Å². The maximum Gasteiger partial charge on any atom is 0.340 e. The van der Waals surface area contributed by atoms with Crippen LogP contribution < -0.4 is 5.32 Å². The third kappa shape index (κ3) is 3.50. The molecule has 1 saturated heterocycles. The topological polar surface area (TPSA) is 41.6 Å². The van der Waals surface area contributed by atoms with Crippen LogP contribution in [0.3, 0.4) is 0 Å². The minimum absolute atomic E-state index is 0.0788. The van der Waals surface area contributed by atoms with E-state index in [1.807, 2.05) is 0 Å². The molecule has 1 aliphatic heterocycles. The van der Waals surface area contributed by atoms with Gasteiger partial charge in [0.05, 0.1) is 18.4 Å². The van der Waals surface area contributed by atoms with Crippen LogP contribution in [0.15, 0.2) is 12.1 Å². The van der Waals surface area contributed by atoms with E-state index in [-0.39, 0.29) is 5.69 Å². The summed E-state index contributed by atoms with van der Waals surface area (Å²) in [6.07, 6.45) is 1.05. The van der Waals surface area contributed by atoms with E-state index in [9.17, 15) is 13.6 Å². The summed E-state index contributed by atoms with van der Waals surface area (Å²) >= 11 is 0. The number of carbonyl (C=O) groups excluding carboxylic acids is 1. The smallest absolute Gasteiger partial charge is 0.340 e. The van der Waals surface area contributed by atoms with Gasteiger partial charge in [0.15, 0.2) is 11.6 Å². The van der Waals surface area contributed by atoms with Crippen LogP contribution in [0, 0.1) is 17.6 Å². The SMILES string of the molecule is CCN1CCC(CNc2ccc(C(=O)OC)c(F)c2F)C1. The monoisotopic (exact) mass is 298 g/mol. The van der Waals surface area contributed by atoms with Gasteiger partial charge in [-0.3, -0.25) is 0 Å². The molecule has 1 heterocycles. The lowest BCUT2D eigenvalue weighted by molar-refractivity contribution is 0.0594. The van der Waals surface area contributed by atoms with Crippen LogP contribution in [0.25, 0.3) is 0 Å². The zero-order chi connectivity index (χ0) is 15.4. The summed E-state index contributed by atoms with van der Waals surface area (Å²) in [4.78, 5) is 13.6. The van der Waals surface area contributed by atoms with Crippen molar-refractivity contribution in [3.05, 3.63) is 29.3 Å². The molecule has 0 spiro atoms.